The topological polar surface area (TPSA) is 79.0 Å². The summed E-state index contributed by atoms with van der Waals surface area (Å²) in [6, 6.07) is 14.3. The Morgan fingerprint density at radius 2 is 1.62 bits per heavy atom. The van der Waals surface area contributed by atoms with Gasteiger partial charge in [0.25, 0.3) is 5.91 Å². The Bertz CT molecular complexity index is 895. The summed E-state index contributed by atoms with van der Waals surface area (Å²) in [5, 5.41) is 2.86. The molecule has 0 unspecified atom stereocenters. The third-order valence-corrected chi connectivity index (χ3v) is 4.80. The highest BCUT2D eigenvalue weighted by Gasteiger charge is 2.31. The number of piperazine rings is 1. The molecular formula is C22H25N3O4. The number of carbonyl (C=O) groups is 3. The molecule has 0 bridgehead atoms. The van der Waals surface area contributed by atoms with Crippen LogP contribution in [0.5, 0.6) is 5.75 Å². The lowest BCUT2D eigenvalue weighted by Gasteiger charge is -2.33. The van der Waals surface area contributed by atoms with Gasteiger partial charge in [-0.25, -0.2) is 0 Å². The Balaban J connectivity index is 1.64. The Hall–Kier alpha value is -3.35. The minimum Gasteiger partial charge on any atom is -0.492 e. The second-order valence-electron chi connectivity index (χ2n) is 6.69. The van der Waals surface area contributed by atoms with Crippen LogP contribution >= 0.6 is 0 Å². The Morgan fingerprint density at radius 3 is 2.31 bits per heavy atom. The number of ether oxygens (including phenoxy) is 1. The van der Waals surface area contributed by atoms with E-state index in [0.717, 1.165) is 5.56 Å². The number of amides is 3. The van der Waals surface area contributed by atoms with E-state index in [4.69, 9.17) is 4.74 Å². The fourth-order valence-electron chi connectivity index (χ4n) is 3.20. The number of anilines is 1. The van der Waals surface area contributed by atoms with Crippen molar-refractivity contribution in [2.45, 2.75) is 20.4 Å². The van der Waals surface area contributed by atoms with Crippen molar-refractivity contribution in [1.82, 2.24) is 9.80 Å². The summed E-state index contributed by atoms with van der Waals surface area (Å²) in [6.45, 7) is 6.19. The molecule has 1 aliphatic heterocycles. The van der Waals surface area contributed by atoms with E-state index in [1.807, 2.05) is 26.0 Å². The molecule has 1 aliphatic rings. The molecule has 0 aliphatic carbocycles. The highest BCUT2D eigenvalue weighted by molar-refractivity contribution is 6.35. The van der Waals surface area contributed by atoms with Crippen LogP contribution in [-0.4, -0.2) is 53.8 Å². The summed E-state index contributed by atoms with van der Waals surface area (Å²) in [5.74, 6) is -0.559. The third kappa shape index (κ3) is 4.74. The second kappa shape index (κ2) is 9.23. The van der Waals surface area contributed by atoms with Crippen LogP contribution in [0.25, 0.3) is 0 Å². The predicted octanol–water partition coefficient (Wildman–Crippen LogP) is 2.53. The van der Waals surface area contributed by atoms with Gasteiger partial charge in [0.2, 0.25) is 0 Å². The summed E-state index contributed by atoms with van der Waals surface area (Å²) in [6.07, 6.45) is 0. The van der Waals surface area contributed by atoms with E-state index in [1.54, 1.807) is 46.2 Å². The van der Waals surface area contributed by atoms with Crippen molar-refractivity contribution in [2.75, 3.05) is 31.6 Å². The molecule has 3 amide bonds. The molecule has 7 heteroatoms. The first-order valence-electron chi connectivity index (χ1n) is 9.73. The normalized spacial score (nSPS) is 14.1. The summed E-state index contributed by atoms with van der Waals surface area (Å²) in [7, 11) is 0. The van der Waals surface area contributed by atoms with Gasteiger partial charge in [0.15, 0.2) is 0 Å². The van der Waals surface area contributed by atoms with Crippen molar-refractivity contribution in [3.8, 4) is 5.75 Å². The van der Waals surface area contributed by atoms with E-state index in [-0.39, 0.29) is 5.91 Å². The van der Waals surface area contributed by atoms with E-state index in [1.165, 1.54) is 0 Å². The lowest BCUT2D eigenvalue weighted by atomic mass is 10.1. The summed E-state index contributed by atoms with van der Waals surface area (Å²) >= 11 is 0. The minimum atomic E-state index is -0.479. The average molecular weight is 395 g/mol. The fourth-order valence-corrected chi connectivity index (χ4v) is 3.20. The molecule has 7 nitrogen and oxygen atoms in total. The van der Waals surface area contributed by atoms with E-state index in [9.17, 15) is 14.4 Å². The lowest BCUT2D eigenvalue weighted by Crippen LogP contribution is -2.53. The number of hydrogen-bond donors (Lipinski definition) is 1. The van der Waals surface area contributed by atoms with Gasteiger partial charge in [0.05, 0.1) is 12.3 Å². The number of hydrogen-bond acceptors (Lipinski definition) is 4. The van der Waals surface area contributed by atoms with Gasteiger partial charge in [-0.05, 0) is 43.7 Å². The molecule has 1 fully saturated rings. The van der Waals surface area contributed by atoms with Gasteiger partial charge in [0, 0.05) is 31.7 Å². The zero-order valence-electron chi connectivity index (χ0n) is 16.7. The molecule has 1 heterocycles. The molecule has 0 aromatic heterocycles. The second-order valence-corrected chi connectivity index (χ2v) is 6.69. The monoisotopic (exact) mass is 395 g/mol. The number of rotatable bonds is 7. The maximum atomic E-state index is 12.6. The molecule has 29 heavy (non-hydrogen) atoms. The highest BCUT2D eigenvalue weighted by atomic mass is 16.5. The smallest absolute Gasteiger partial charge is 0.312 e. The van der Waals surface area contributed by atoms with Crippen molar-refractivity contribution in [1.29, 1.82) is 0 Å². The standard InChI is InChI=1S/C22H25N3O4/c1-3-24-13-14-25(22(28)21(24)27)15-16-9-11-17(12-10-16)20(26)23-18-7-5-6-8-19(18)29-4-2/h5-12H,3-4,13-15H2,1-2H3,(H,23,26). The molecule has 152 valence electrons. The molecule has 0 atom stereocenters. The van der Waals surface area contributed by atoms with Crippen molar-refractivity contribution < 1.29 is 19.1 Å². The summed E-state index contributed by atoms with van der Waals surface area (Å²) < 4.78 is 5.53. The van der Waals surface area contributed by atoms with Gasteiger partial charge in [-0.2, -0.15) is 0 Å². The number of likely N-dealkylation sites (N-methyl/N-ethyl adjacent to an activating group) is 1. The van der Waals surface area contributed by atoms with Crippen LogP contribution in [0, 0.1) is 0 Å². The van der Waals surface area contributed by atoms with Crippen LogP contribution in [-0.2, 0) is 16.1 Å². The van der Waals surface area contributed by atoms with Gasteiger partial charge in [0.1, 0.15) is 5.75 Å². The molecule has 1 N–H and O–H groups in total. The zero-order chi connectivity index (χ0) is 20.8. The third-order valence-electron chi connectivity index (χ3n) is 4.80. The number of nitrogens with one attached hydrogen (secondary N) is 1. The number of nitrogens with zero attached hydrogens (tertiary/aromatic N) is 2. The van der Waals surface area contributed by atoms with Gasteiger partial charge >= 0.3 is 11.8 Å². The molecule has 2 aromatic carbocycles. The Labute approximate surface area is 170 Å². The van der Waals surface area contributed by atoms with Gasteiger partial charge < -0.3 is 19.9 Å². The lowest BCUT2D eigenvalue weighted by molar-refractivity contribution is -0.156. The van der Waals surface area contributed by atoms with Crippen LogP contribution in [0.15, 0.2) is 48.5 Å². The molecule has 0 saturated carbocycles. The summed E-state index contributed by atoms with van der Waals surface area (Å²) in [5.41, 5.74) is 1.97. The van der Waals surface area contributed by atoms with E-state index in [2.05, 4.69) is 5.32 Å². The first-order chi connectivity index (χ1) is 14.0. The molecular weight excluding hydrogens is 370 g/mol. The largest absolute Gasteiger partial charge is 0.492 e. The van der Waals surface area contributed by atoms with Crippen LogP contribution in [0.3, 0.4) is 0 Å². The maximum Gasteiger partial charge on any atom is 0.312 e. The number of carbonyl (C=O) groups excluding carboxylic acids is 3. The van der Waals surface area contributed by atoms with Crippen LogP contribution in [0.1, 0.15) is 29.8 Å². The first kappa shape index (κ1) is 20.4. The van der Waals surface area contributed by atoms with Gasteiger partial charge in [-0.1, -0.05) is 24.3 Å². The summed E-state index contributed by atoms with van der Waals surface area (Å²) in [4.78, 5) is 39.9. The minimum absolute atomic E-state index is 0.244. The van der Waals surface area contributed by atoms with Crippen LogP contribution in [0.2, 0.25) is 0 Å². The average Bonchev–Trinajstić information content (AvgIpc) is 2.74. The Morgan fingerprint density at radius 1 is 0.966 bits per heavy atom. The maximum absolute atomic E-state index is 12.6. The predicted molar refractivity (Wildman–Crippen MR) is 110 cm³/mol. The molecule has 3 rings (SSSR count). The van der Waals surface area contributed by atoms with Crippen molar-refractivity contribution in [2.24, 2.45) is 0 Å². The SMILES string of the molecule is CCOc1ccccc1NC(=O)c1ccc(CN2CCN(CC)C(=O)C2=O)cc1. The highest BCUT2D eigenvalue weighted by Crippen LogP contribution is 2.24. The Kier molecular flexibility index (Phi) is 6.49. The zero-order valence-corrected chi connectivity index (χ0v) is 16.7. The first-order valence-corrected chi connectivity index (χ1v) is 9.73. The van der Waals surface area contributed by atoms with Gasteiger partial charge in [-0.3, -0.25) is 14.4 Å². The fraction of sp³-hybridized carbons (Fsp3) is 0.318. The van der Waals surface area contributed by atoms with Crippen molar-refractivity contribution >= 4 is 23.4 Å². The van der Waals surface area contributed by atoms with Crippen LogP contribution < -0.4 is 10.1 Å². The molecule has 0 spiro atoms. The number of para-hydroxylation sites is 2. The van der Waals surface area contributed by atoms with Crippen molar-refractivity contribution in [3.05, 3.63) is 59.7 Å². The molecule has 0 radical (unpaired) electrons. The van der Waals surface area contributed by atoms with Crippen molar-refractivity contribution in [3.63, 3.8) is 0 Å². The van der Waals surface area contributed by atoms with E-state index >= 15 is 0 Å². The van der Waals surface area contributed by atoms with Crippen LogP contribution in [0.4, 0.5) is 5.69 Å². The quantitative estimate of drug-likeness (QED) is 0.731. The molecule has 1 saturated heterocycles. The number of benzene rings is 2. The molecule has 2 aromatic rings. The van der Waals surface area contributed by atoms with Gasteiger partial charge in [-0.15, -0.1) is 0 Å². The van der Waals surface area contributed by atoms with E-state index in [0.29, 0.717) is 49.8 Å². The van der Waals surface area contributed by atoms with E-state index < -0.39 is 11.8 Å².